The highest BCUT2D eigenvalue weighted by molar-refractivity contribution is 5.80. The molecule has 0 spiro atoms. The van der Waals surface area contributed by atoms with E-state index in [0.717, 1.165) is 0 Å². The van der Waals surface area contributed by atoms with E-state index >= 15 is 0 Å². The van der Waals surface area contributed by atoms with Crippen LogP contribution >= 0.6 is 0 Å². The van der Waals surface area contributed by atoms with E-state index in [9.17, 15) is 9.59 Å². The minimum atomic E-state index is -0.772. The van der Waals surface area contributed by atoms with Crippen LogP contribution in [0.15, 0.2) is 0 Å². The molecule has 4 heteroatoms. The van der Waals surface area contributed by atoms with Gasteiger partial charge >= 0.3 is 5.97 Å². The summed E-state index contributed by atoms with van der Waals surface area (Å²) in [5.41, 5.74) is -0.681. The standard InChI is InChI=1S/C9H15NO3/c1-2-9(8(12)13)4-3-7(11)10-6-5-9/h2-6H2,1H3,(H,10,11)(H,12,13)/t9-/m0/s1. The zero-order valence-electron chi connectivity index (χ0n) is 7.80. The molecule has 13 heavy (non-hydrogen) atoms. The maximum absolute atomic E-state index is 11.0. The topological polar surface area (TPSA) is 66.4 Å². The van der Waals surface area contributed by atoms with Gasteiger partial charge in [-0.1, -0.05) is 6.92 Å². The summed E-state index contributed by atoms with van der Waals surface area (Å²) in [6, 6.07) is 0. The van der Waals surface area contributed by atoms with Gasteiger partial charge in [0.25, 0.3) is 0 Å². The van der Waals surface area contributed by atoms with Crippen LogP contribution in [-0.2, 0) is 9.59 Å². The fraction of sp³-hybridized carbons (Fsp3) is 0.778. The summed E-state index contributed by atoms with van der Waals surface area (Å²) in [5, 5.41) is 11.7. The Bertz CT molecular complexity index is 227. The van der Waals surface area contributed by atoms with Crippen LogP contribution in [0.1, 0.15) is 32.6 Å². The number of carboxylic acid groups (broad SMARTS) is 1. The van der Waals surface area contributed by atoms with Crippen LogP contribution in [0.2, 0.25) is 0 Å². The van der Waals surface area contributed by atoms with Gasteiger partial charge in [0, 0.05) is 13.0 Å². The highest BCUT2D eigenvalue weighted by atomic mass is 16.4. The van der Waals surface area contributed by atoms with Crippen molar-refractivity contribution in [3.8, 4) is 0 Å². The lowest BCUT2D eigenvalue weighted by Gasteiger charge is -2.25. The maximum Gasteiger partial charge on any atom is 0.309 e. The summed E-state index contributed by atoms with van der Waals surface area (Å²) >= 11 is 0. The van der Waals surface area contributed by atoms with Gasteiger partial charge in [0.2, 0.25) is 5.91 Å². The van der Waals surface area contributed by atoms with Crippen LogP contribution in [-0.4, -0.2) is 23.5 Å². The summed E-state index contributed by atoms with van der Waals surface area (Å²) in [5.74, 6) is -0.803. The Morgan fingerprint density at radius 3 is 2.85 bits per heavy atom. The van der Waals surface area contributed by atoms with E-state index in [2.05, 4.69) is 5.32 Å². The Labute approximate surface area is 77.3 Å². The quantitative estimate of drug-likeness (QED) is 0.667. The highest BCUT2D eigenvalue weighted by Crippen LogP contribution is 2.33. The predicted molar refractivity (Wildman–Crippen MR) is 47.2 cm³/mol. The van der Waals surface area contributed by atoms with Gasteiger partial charge in [-0.2, -0.15) is 0 Å². The lowest BCUT2D eigenvalue weighted by Crippen LogP contribution is -2.31. The van der Waals surface area contributed by atoms with E-state index < -0.39 is 11.4 Å². The van der Waals surface area contributed by atoms with Crippen molar-refractivity contribution >= 4 is 11.9 Å². The number of hydrogen-bond acceptors (Lipinski definition) is 2. The van der Waals surface area contributed by atoms with Crippen LogP contribution in [0.3, 0.4) is 0 Å². The summed E-state index contributed by atoms with van der Waals surface area (Å²) < 4.78 is 0. The van der Waals surface area contributed by atoms with Crippen LogP contribution in [0.4, 0.5) is 0 Å². The minimum absolute atomic E-state index is 0.0309. The second-order valence-electron chi connectivity index (χ2n) is 3.54. The Balaban J connectivity index is 2.75. The van der Waals surface area contributed by atoms with Crippen LogP contribution in [0.5, 0.6) is 0 Å². The van der Waals surface area contributed by atoms with Crippen LogP contribution in [0.25, 0.3) is 0 Å². The van der Waals surface area contributed by atoms with Gasteiger partial charge in [-0.05, 0) is 19.3 Å². The monoisotopic (exact) mass is 185 g/mol. The highest BCUT2D eigenvalue weighted by Gasteiger charge is 2.37. The Morgan fingerprint density at radius 1 is 1.62 bits per heavy atom. The molecule has 0 unspecified atom stereocenters. The van der Waals surface area contributed by atoms with Gasteiger partial charge < -0.3 is 10.4 Å². The van der Waals surface area contributed by atoms with E-state index in [-0.39, 0.29) is 5.91 Å². The van der Waals surface area contributed by atoms with Crippen LogP contribution < -0.4 is 5.32 Å². The van der Waals surface area contributed by atoms with Crippen molar-refractivity contribution in [2.75, 3.05) is 6.54 Å². The maximum atomic E-state index is 11.0. The second kappa shape index (κ2) is 3.77. The lowest BCUT2D eigenvalue weighted by atomic mass is 9.78. The Hall–Kier alpha value is -1.06. The molecule has 1 heterocycles. The number of nitrogens with one attached hydrogen (secondary N) is 1. The number of hydrogen-bond donors (Lipinski definition) is 2. The molecule has 1 aliphatic rings. The molecular weight excluding hydrogens is 170 g/mol. The molecule has 0 aliphatic carbocycles. The van der Waals surface area contributed by atoms with Gasteiger partial charge in [0.15, 0.2) is 0 Å². The van der Waals surface area contributed by atoms with E-state index in [0.29, 0.717) is 32.2 Å². The third kappa shape index (κ3) is 1.99. The van der Waals surface area contributed by atoms with Crippen molar-refractivity contribution in [2.45, 2.75) is 32.6 Å². The molecule has 0 aromatic carbocycles. The van der Waals surface area contributed by atoms with Crippen molar-refractivity contribution in [1.82, 2.24) is 5.32 Å². The zero-order chi connectivity index (χ0) is 9.90. The Morgan fingerprint density at radius 2 is 2.31 bits per heavy atom. The van der Waals surface area contributed by atoms with Gasteiger partial charge in [-0.15, -0.1) is 0 Å². The third-order valence-corrected chi connectivity index (χ3v) is 2.89. The lowest BCUT2D eigenvalue weighted by molar-refractivity contribution is -0.149. The number of carboxylic acids is 1. The van der Waals surface area contributed by atoms with Gasteiger partial charge in [-0.3, -0.25) is 9.59 Å². The number of rotatable bonds is 2. The molecular formula is C9H15NO3. The normalized spacial score (nSPS) is 29.2. The summed E-state index contributed by atoms with van der Waals surface area (Å²) in [6.45, 7) is 2.35. The molecule has 1 atom stereocenters. The Kier molecular flexibility index (Phi) is 2.90. The fourth-order valence-electron chi connectivity index (χ4n) is 1.73. The SMILES string of the molecule is CC[C@@]1(C(=O)O)CCNC(=O)CC1. The van der Waals surface area contributed by atoms with E-state index in [4.69, 9.17) is 5.11 Å². The summed E-state index contributed by atoms with van der Waals surface area (Å²) in [4.78, 5) is 22.0. The van der Waals surface area contributed by atoms with Gasteiger partial charge in [0.1, 0.15) is 0 Å². The summed E-state index contributed by atoms with van der Waals surface area (Å²) in [7, 11) is 0. The van der Waals surface area contributed by atoms with Crippen molar-refractivity contribution in [2.24, 2.45) is 5.41 Å². The molecule has 0 saturated carbocycles. The largest absolute Gasteiger partial charge is 0.481 e. The predicted octanol–water partition coefficient (Wildman–Crippen LogP) is 0.767. The van der Waals surface area contributed by atoms with Gasteiger partial charge in [0.05, 0.1) is 5.41 Å². The molecule has 74 valence electrons. The van der Waals surface area contributed by atoms with Crippen molar-refractivity contribution in [3.63, 3.8) is 0 Å². The molecule has 2 N–H and O–H groups in total. The minimum Gasteiger partial charge on any atom is -0.481 e. The van der Waals surface area contributed by atoms with Crippen molar-refractivity contribution in [3.05, 3.63) is 0 Å². The second-order valence-corrected chi connectivity index (χ2v) is 3.54. The molecule has 4 nitrogen and oxygen atoms in total. The third-order valence-electron chi connectivity index (χ3n) is 2.89. The van der Waals surface area contributed by atoms with E-state index in [1.807, 2.05) is 6.92 Å². The molecule has 1 fully saturated rings. The van der Waals surface area contributed by atoms with E-state index in [1.165, 1.54) is 0 Å². The number of aliphatic carboxylic acids is 1. The molecule has 1 amide bonds. The van der Waals surface area contributed by atoms with Gasteiger partial charge in [-0.25, -0.2) is 0 Å². The first-order chi connectivity index (χ1) is 6.10. The molecule has 1 saturated heterocycles. The molecule has 0 radical (unpaired) electrons. The van der Waals surface area contributed by atoms with E-state index in [1.54, 1.807) is 0 Å². The zero-order valence-corrected chi connectivity index (χ0v) is 7.80. The van der Waals surface area contributed by atoms with Crippen molar-refractivity contribution < 1.29 is 14.7 Å². The molecule has 1 aliphatic heterocycles. The van der Waals surface area contributed by atoms with Crippen molar-refractivity contribution in [1.29, 1.82) is 0 Å². The smallest absolute Gasteiger partial charge is 0.309 e. The number of carbonyl (C=O) groups excluding carboxylic acids is 1. The average molecular weight is 185 g/mol. The number of amides is 1. The van der Waals surface area contributed by atoms with Crippen LogP contribution in [0, 0.1) is 5.41 Å². The molecule has 1 rings (SSSR count). The first-order valence-corrected chi connectivity index (χ1v) is 4.61. The molecule has 0 aromatic rings. The number of carbonyl (C=O) groups is 2. The molecule has 0 bridgehead atoms. The fourth-order valence-corrected chi connectivity index (χ4v) is 1.73. The first kappa shape index (κ1) is 10.0. The average Bonchev–Trinajstić information content (AvgIpc) is 2.28. The molecule has 0 aromatic heterocycles. The summed E-state index contributed by atoms with van der Waals surface area (Å²) in [6.07, 6.45) is 1.94. The first-order valence-electron chi connectivity index (χ1n) is 4.61.